The Morgan fingerprint density at radius 3 is 2.61 bits per heavy atom. The lowest BCUT2D eigenvalue weighted by atomic mass is 10.3. The van der Waals surface area contributed by atoms with Gasteiger partial charge in [-0.2, -0.15) is 0 Å². The van der Waals surface area contributed by atoms with Crippen LogP contribution >= 0.6 is 22.0 Å². The van der Waals surface area contributed by atoms with Crippen molar-refractivity contribution in [2.24, 2.45) is 0 Å². The van der Waals surface area contributed by atoms with E-state index in [1.807, 2.05) is 0 Å². The smallest absolute Gasteiger partial charge is 0.348 e. The van der Waals surface area contributed by atoms with Crippen LogP contribution < -0.4 is 0 Å². The number of esters is 1. The second-order valence-corrected chi connectivity index (χ2v) is 7.60. The van der Waals surface area contributed by atoms with Gasteiger partial charge < -0.3 is 4.74 Å². The number of hydrogen-bond acceptors (Lipinski definition) is 5. The molecular formula is C11H15ClO4S2. The molecule has 0 fully saturated rings. The lowest BCUT2D eigenvalue weighted by Gasteiger charge is -2.01. The van der Waals surface area contributed by atoms with E-state index in [0.29, 0.717) is 11.5 Å². The van der Waals surface area contributed by atoms with Crippen molar-refractivity contribution in [1.82, 2.24) is 0 Å². The van der Waals surface area contributed by atoms with Gasteiger partial charge >= 0.3 is 5.97 Å². The quantitative estimate of drug-likeness (QED) is 0.459. The van der Waals surface area contributed by atoms with Crippen LogP contribution in [0.2, 0.25) is 0 Å². The summed E-state index contributed by atoms with van der Waals surface area (Å²) in [6.45, 7) is 4.02. The van der Waals surface area contributed by atoms with Gasteiger partial charge in [-0.25, -0.2) is 13.2 Å². The summed E-state index contributed by atoms with van der Waals surface area (Å²) in [6, 6.07) is 1.27. The Hall–Kier alpha value is -0.590. The topological polar surface area (TPSA) is 60.4 Å². The Balaban J connectivity index is 2.71. The van der Waals surface area contributed by atoms with Crippen molar-refractivity contribution in [3.8, 4) is 0 Å². The third-order valence-electron chi connectivity index (χ3n) is 2.32. The second kappa shape index (κ2) is 6.54. The van der Waals surface area contributed by atoms with Crippen molar-refractivity contribution in [2.75, 3.05) is 6.61 Å². The summed E-state index contributed by atoms with van der Waals surface area (Å²) in [4.78, 5) is 12.4. The zero-order valence-electron chi connectivity index (χ0n) is 10.2. The van der Waals surface area contributed by atoms with Gasteiger partial charge in [-0.3, -0.25) is 0 Å². The molecule has 0 saturated carbocycles. The largest absolute Gasteiger partial charge is 0.462 e. The van der Waals surface area contributed by atoms with Gasteiger partial charge in [-0.05, 0) is 19.4 Å². The van der Waals surface area contributed by atoms with Crippen molar-refractivity contribution in [2.45, 2.75) is 38.0 Å². The highest BCUT2D eigenvalue weighted by atomic mass is 35.7. The third kappa shape index (κ3) is 4.26. The van der Waals surface area contributed by atoms with E-state index in [4.69, 9.17) is 15.4 Å². The van der Waals surface area contributed by atoms with Gasteiger partial charge in [0.15, 0.2) is 0 Å². The molecule has 0 amide bonds. The van der Waals surface area contributed by atoms with E-state index in [0.717, 1.165) is 30.6 Å². The molecule has 0 saturated heterocycles. The molecule has 102 valence electrons. The van der Waals surface area contributed by atoms with Gasteiger partial charge in [-0.15, -0.1) is 11.3 Å². The fourth-order valence-corrected chi connectivity index (χ4v) is 3.95. The van der Waals surface area contributed by atoms with Crippen LogP contribution in [0.4, 0.5) is 0 Å². The highest BCUT2D eigenvalue weighted by Crippen LogP contribution is 2.28. The molecule has 0 aliphatic heterocycles. The van der Waals surface area contributed by atoms with Crippen molar-refractivity contribution in [3.63, 3.8) is 0 Å². The molecule has 0 atom stereocenters. The Labute approximate surface area is 115 Å². The van der Waals surface area contributed by atoms with Gasteiger partial charge in [0.1, 0.15) is 4.88 Å². The first-order valence-electron chi connectivity index (χ1n) is 5.58. The van der Waals surface area contributed by atoms with Crippen LogP contribution in [0.25, 0.3) is 0 Å². The van der Waals surface area contributed by atoms with Gasteiger partial charge in [0.05, 0.1) is 11.5 Å². The van der Waals surface area contributed by atoms with Crippen LogP contribution in [0.15, 0.2) is 11.0 Å². The molecule has 7 heteroatoms. The lowest BCUT2D eigenvalue weighted by molar-refractivity contribution is 0.0503. The molecule has 0 radical (unpaired) electrons. The minimum absolute atomic E-state index is 0.0188. The van der Waals surface area contributed by atoms with E-state index in [9.17, 15) is 13.2 Å². The van der Waals surface area contributed by atoms with Gasteiger partial charge in [0, 0.05) is 15.6 Å². The van der Waals surface area contributed by atoms with Gasteiger partial charge in [0.2, 0.25) is 0 Å². The second-order valence-electron chi connectivity index (χ2n) is 3.81. The molecule has 0 aromatic carbocycles. The summed E-state index contributed by atoms with van der Waals surface area (Å²) in [6.07, 6.45) is 2.86. The summed E-state index contributed by atoms with van der Waals surface area (Å²) in [5, 5.41) is 0. The predicted octanol–water partition coefficient (Wildman–Crippen LogP) is 3.33. The number of unbranched alkanes of at least 4 members (excludes halogenated alkanes) is 2. The average molecular weight is 311 g/mol. The standard InChI is InChI=1S/C11H15ClO4S2/c1-3-4-5-6-16-11(13)9-7-10(8(2)17-9)18(12,14)15/h7H,3-6H2,1-2H3. The van der Waals surface area contributed by atoms with Crippen LogP contribution in [0, 0.1) is 6.92 Å². The third-order valence-corrected chi connectivity index (χ3v) is 4.92. The number of carbonyl (C=O) groups is 1. The Bertz CT molecular complexity index is 519. The number of rotatable bonds is 6. The molecular weight excluding hydrogens is 296 g/mol. The minimum Gasteiger partial charge on any atom is -0.462 e. The van der Waals surface area contributed by atoms with E-state index >= 15 is 0 Å². The SMILES string of the molecule is CCCCCOC(=O)c1cc(S(=O)(=O)Cl)c(C)s1. The van der Waals surface area contributed by atoms with Crippen molar-refractivity contribution < 1.29 is 17.9 Å². The zero-order valence-corrected chi connectivity index (χ0v) is 12.6. The summed E-state index contributed by atoms with van der Waals surface area (Å²) in [5.74, 6) is -0.495. The van der Waals surface area contributed by atoms with E-state index in [2.05, 4.69) is 6.92 Å². The molecule has 1 aromatic heterocycles. The lowest BCUT2D eigenvalue weighted by Crippen LogP contribution is -2.04. The number of hydrogen-bond donors (Lipinski definition) is 0. The molecule has 1 aromatic rings. The Morgan fingerprint density at radius 1 is 1.44 bits per heavy atom. The molecule has 1 heterocycles. The van der Waals surface area contributed by atoms with Gasteiger partial charge in [0.25, 0.3) is 9.05 Å². The van der Waals surface area contributed by atoms with Crippen LogP contribution in [-0.4, -0.2) is 21.0 Å². The normalized spacial score (nSPS) is 11.5. The van der Waals surface area contributed by atoms with Crippen LogP contribution in [-0.2, 0) is 13.8 Å². The first-order chi connectivity index (χ1) is 8.36. The number of carbonyl (C=O) groups excluding carboxylic acids is 1. The summed E-state index contributed by atoms with van der Waals surface area (Å²) < 4.78 is 27.5. The van der Waals surface area contributed by atoms with E-state index in [-0.39, 0.29) is 9.77 Å². The molecule has 1 rings (SSSR count). The average Bonchev–Trinajstić information content (AvgIpc) is 2.66. The molecule has 0 N–H and O–H groups in total. The summed E-state index contributed by atoms with van der Waals surface area (Å²) >= 11 is 1.07. The van der Waals surface area contributed by atoms with Crippen molar-refractivity contribution in [3.05, 3.63) is 15.8 Å². The highest BCUT2D eigenvalue weighted by Gasteiger charge is 2.20. The van der Waals surface area contributed by atoms with Crippen LogP contribution in [0.1, 0.15) is 40.7 Å². The fourth-order valence-electron chi connectivity index (χ4n) is 1.40. The number of thiophene rings is 1. The minimum atomic E-state index is -3.80. The molecule has 18 heavy (non-hydrogen) atoms. The molecule has 0 aliphatic carbocycles. The van der Waals surface area contributed by atoms with Crippen molar-refractivity contribution >= 4 is 37.0 Å². The Kier molecular flexibility index (Phi) is 5.62. The maximum absolute atomic E-state index is 11.7. The Morgan fingerprint density at radius 2 is 2.11 bits per heavy atom. The number of ether oxygens (including phenoxy) is 1. The maximum atomic E-state index is 11.7. The predicted molar refractivity (Wildman–Crippen MR) is 71.9 cm³/mol. The molecule has 4 nitrogen and oxygen atoms in total. The first kappa shape index (κ1) is 15.5. The molecule has 0 aliphatic rings. The van der Waals surface area contributed by atoms with Crippen LogP contribution in [0.3, 0.4) is 0 Å². The van der Waals surface area contributed by atoms with E-state index < -0.39 is 15.0 Å². The molecule has 0 unspecified atom stereocenters. The van der Waals surface area contributed by atoms with E-state index in [1.165, 1.54) is 6.07 Å². The zero-order chi connectivity index (χ0) is 13.8. The highest BCUT2D eigenvalue weighted by molar-refractivity contribution is 8.13. The summed E-state index contributed by atoms with van der Waals surface area (Å²) in [5.41, 5.74) is 0. The maximum Gasteiger partial charge on any atom is 0.348 e. The molecule has 0 spiro atoms. The van der Waals surface area contributed by atoms with Crippen LogP contribution in [0.5, 0.6) is 0 Å². The van der Waals surface area contributed by atoms with E-state index in [1.54, 1.807) is 6.92 Å². The van der Waals surface area contributed by atoms with Crippen molar-refractivity contribution in [1.29, 1.82) is 0 Å². The molecule has 0 bridgehead atoms. The number of aryl methyl sites for hydroxylation is 1. The monoisotopic (exact) mass is 310 g/mol. The summed E-state index contributed by atoms with van der Waals surface area (Å²) in [7, 11) is 1.45. The number of halogens is 1. The fraction of sp³-hybridized carbons (Fsp3) is 0.545. The van der Waals surface area contributed by atoms with Gasteiger partial charge in [-0.1, -0.05) is 19.8 Å². The first-order valence-corrected chi connectivity index (χ1v) is 8.71.